The lowest BCUT2D eigenvalue weighted by atomic mass is 10.1. The maximum Gasteiger partial charge on any atom is 0.308 e. The number of sulfone groups is 1. The van der Waals surface area contributed by atoms with Crippen LogP contribution in [0.3, 0.4) is 0 Å². The average Bonchev–Trinajstić information content (AvgIpc) is 2.81. The van der Waals surface area contributed by atoms with Crippen LogP contribution in [0.1, 0.15) is 24.2 Å². The Hall–Kier alpha value is -2.46. The second-order valence-corrected chi connectivity index (χ2v) is 10.2. The fourth-order valence-corrected chi connectivity index (χ4v) is 4.85. The minimum atomic E-state index is -3.74. The molecule has 0 spiro atoms. The third-order valence-electron chi connectivity index (χ3n) is 5.17. The first kappa shape index (κ1) is 28.8. The molecule has 0 saturated heterocycles. The quantitative estimate of drug-likeness (QED) is 0.265. The lowest BCUT2D eigenvalue weighted by Gasteiger charge is -2.19. The van der Waals surface area contributed by atoms with Crippen LogP contribution in [-0.4, -0.2) is 43.8 Å². The molecule has 0 unspecified atom stereocenters. The number of hydrogen-bond donors (Lipinski definition) is 3. The third kappa shape index (κ3) is 8.03. The minimum Gasteiger partial charge on any atom is -0.427 e. The predicted molar refractivity (Wildman–Crippen MR) is 136 cm³/mol. The summed E-state index contributed by atoms with van der Waals surface area (Å²) in [6, 6.07) is 18.7. The molecule has 0 aliphatic rings. The topological polar surface area (TPSA) is 113 Å². The molecule has 0 amide bonds. The van der Waals surface area contributed by atoms with E-state index in [1.54, 1.807) is 36.4 Å². The Morgan fingerprint density at radius 3 is 2.17 bits per heavy atom. The van der Waals surface area contributed by atoms with Gasteiger partial charge in [-0.15, -0.1) is 12.4 Å². The molecule has 3 aromatic carbocycles. The average molecular weight is 540 g/mol. The summed E-state index contributed by atoms with van der Waals surface area (Å²) in [4.78, 5) is 11.2. The summed E-state index contributed by atoms with van der Waals surface area (Å²) in [5.41, 5.74) is 1.50. The van der Waals surface area contributed by atoms with E-state index >= 15 is 0 Å². The second kappa shape index (κ2) is 13.0. The van der Waals surface area contributed by atoms with E-state index < -0.39 is 21.9 Å². The van der Waals surface area contributed by atoms with Crippen molar-refractivity contribution in [3.63, 3.8) is 0 Å². The van der Waals surface area contributed by atoms with Crippen molar-refractivity contribution < 1.29 is 28.2 Å². The maximum absolute atomic E-state index is 12.9. The zero-order valence-corrected chi connectivity index (χ0v) is 21.3. The van der Waals surface area contributed by atoms with Crippen LogP contribution in [0.4, 0.5) is 0 Å². The Kier molecular flexibility index (Phi) is 10.7. The number of aliphatic hydroxyl groups is 2. The molecule has 0 aliphatic heterocycles. The number of benzene rings is 3. The molecule has 3 N–H and O–H groups in total. The molecule has 7 nitrogen and oxygen atoms in total. The van der Waals surface area contributed by atoms with Gasteiger partial charge in [0.05, 0.1) is 22.5 Å². The molecule has 0 aromatic heterocycles. The highest BCUT2D eigenvalue weighted by Crippen LogP contribution is 2.24. The van der Waals surface area contributed by atoms with E-state index in [4.69, 9.17) is 16.3 Å². The van der Waals surface area contributed by atoms with Crippen LogP contribution >= 0.6 is 24.0 Å². The molecule has 0 saturated carbocycles. The molecule has 0 aliphatic carbocycles. The van der Waals surface area contributed by atoms with Gasteiger partial charge in [-0.3, -0.25) is 4.79 Å². The number of esters is 1. The van der Waals surface area contributed by atoms with Crippen molar-refractivity contribution in [2.24, 2.45) is 0 Å². The second-order valence-electron chi connectivity index (χ2n) is 7.78. The van der Waals surface area contributed by atoms with E-state index in [9.17, 15) is 23.4 Å². The van der Waals surface area contributed by atoms with Crippen LogP contribution in [-0.2, 0) is 21.1 Å². The van der Waals surface area contributed by atoms with Gasteiger partial charge in [0, 0.05) is 24.5 Å². The molecular formula is C25H27Cl2NO6S. The molecule has 3 aromatic rings. The minimum absolute atomic E-state index is 0. The zero-order valence-electron chi connectivity index (χ0n) is 18.9. The number of carbonyl (C=O) groups excluding carboxylic acids is 1. The Morgan fingerprint density at radius 2 is 1.63 bits per heavy atom. The van der Waals surface area contributed by atoms with Gasteiger partial charge in [0.1, 0.15) is 5.75 Å². The molecule has 0 heterocycles. The number of carbonyl (C=O) groups is 1. The Balaban J connectivity index is 0.00000432. The summed E-state index contributed by atoms with van der Waals surface area (Å²) in [6.45, 7) is 1.34. The van der Waals surface area contributed by atoms with Gasteiger partial charge in [0.15, 0.2) is 0 Å². The van der Waals surface area contributed by atoms with Gasteiger partial charge < -0.3 is 20.3 Å². The highest BCUT2D eigenvalue weighted by molar-refractivity contribution is 7.91. The zero-order chi connectivity index (χ0) is 24.7. The summed E-state index contributed by atoms with van der Waals surface area (Å²) >= 11 is 5.96. The number of ether oxygens (including phenoxy) is 1. The lowest BCUT2D eigenvalue weighted by Crippen LogP contribution is -2.37. The normalized spacial score (nSPS) is 12.9. The number of halogens is 2. The highest BCUT2D eigenvalue weighted by atomic mass is 35.5. The van der Waals surface area contributed by atoms with E-state index in [-0.39, 0.29) is 47.1 Å². The molecule has 188 valence electrons. The van der Waals surface area contributed by atoms with Crippen LogP contribution in [0, 0.1) is 0 Å². The number of hydrogen-bond acceptors (Lipinski definition) is 7. The Labute approximate surface area is 216 Å². The first-order chi connectivity index (χ1) is 16.2. The van der Waals surface area contributed by atoms with Gasteiger partial charge in [-0.25, -0.2) is 8.42 Å². The summed E-state index contributed by atoms with van der Waals surface area (Å²) in [6.07, 6.45) is -0.344. The predicted octanol–water partition coefficient (Wildman–Crippen LogP) is 3.75. The van der Waals surface area contributed by atoms with Crippen molar-refractivity contribution in [2.45, 2.75) is 35.3 Å². The van der Waals surface area contributed by atoms with E-state index in [1.807, 2.05) is 0 Å². The SMILES string of the molecule is CC(=O)Oc1ccc(S(=O)(=O)c2ccc(C[C@@H](CO)NC[C@@H](O)c3cccc(Cl)c3)cc2)cc1.Cl. The smallest absolute Gasteiger partial charge is 0.308 e. The van der Waals surface area contributed by atoms with Crippen molar-refractivity contribution in [2.75, 3.05) is 13.2 Å². The summed E-state index contributed by atoms with van der Waals surface area (Å²) in [5, 5.41) is 23.7. The van der Waals surface area contributed by atoms with Gasteiger partial charge in [-0.1, -0.05) is 35.9 Å². The van der Waals surface area contributed by atoms with E-state index in [1.165, 1.54) is 43.3 Å². The van der Waals surface area contributed by atoms with Crippen molar-refractivity contribution in [1.82, 2.24) is 5.32 Å². The van der Waals surface area contributed by atoms with Gasteiger partial charge in [-0.05, 0) is 66.1 Å². The van der Waals surface area contributed by atoms with Crippen molar-refractivity contribution in [3.05, 3.63) is 88.9 Å². The molecule has 3 rings (SSSR count). The van der Waals surface area contributed by atoms with Crippen LogP contribution < -0.4 is 10.1 Å². The number of rotatable bonds is 10. The third-order valence-corrected chi connectivity index (χ3v) is 7.19. The fraction of sp³-hybridized carbons (Fsp3) is 0.240. The molecule has 10 heteroatoms. The molecular weight excluding hydrogens is 513 g/mol. The van der Waals surface area contributed by atoms with Crippen molar-refractivity contribution in [1.29, 1.82) is 0 Å². The van der Waals surface area contributed by atoms with Crippen LogP contribution in [0.2, 0.25) is 5.02 Å². The van der Waals surface area contributed by atoms with Crippen molar-refractivity contribution >= 4 is 39.8 Å². The van der Waals surface area contributed by atoms with Crippen molar-refractivity contribution in [3.8, 4) is 5.75 Å². The standard InChI is InChI=1S/C25H26ClNO6S.ClH/c1-17(29)33-22-7-11-24(12-8-22)34(31,32)23-9-5-18(6-10-23)13-21(16-28)27-15-25(30)19-3-2-4-20(26)14-19;/h2-12,14,21,25,27-28,30H,13,15-16H2,1H3;1H/t21-,25+;/m0./s1. The number of nitrogens with one attached hydrogen (secondary N) is 1. The first-order valence-corrected chi connectivity index (χ1v) is 12.5. The van der Waals surface area contributed by atoms with Gasteiger partial charge in [0.25, 0.3) is 0 Å². The van der Waals surface area contributed by atoms with Gasteiger partial charge in [0.2, 0.25) is 9.84 Å². The summed E-state index contributed by atoms with van der Waals surface area (Å²) in [5.74, 6) is -0.217. The monoisotopic (exact) mass is 539 g/mol. The van der Waals surface area contributed by atoms with Gasteiger partial charge in [-0.2, -0.15) is 0 Å². The van der Waals surface area contributed by atoms with Crippen LogP contribution in [0.15, 0.2) is 82.6 Å². The molecule has 2 atom stereocenters. The van der Waals surface area contributed by atoms with Gasteiger partial charge >= 0.3 is 5.97 Å². The summed E-state index contributed by atoms with van der Waals surface area (Å²) < 4.78 is 30.7. The Morgan fingerprint density at radius 1 is 1.03 bits per heavy atom. The fourth-order valence-electron chi connectivity index (χ4n) is 3.39. The molecule has 0 fully saturated rings. The maximum atomic E-state index is 12.9. The number of aliphatic hydroxyl groups excluding tert-OH is 2. The molecule has 0 bridgehead atoms. The largest absolute Gasteiger partial charge is 0.427 e. The molecule has 0 radical (unpaired) electrons. The van der Waals surface area contributed by atoms with E-state index in [2.05, 4.69) is 5.32 Å². The molecule has 35 heavy (non-hydrogen) atoms. The van der Waals surface area contributed by atoms with E-state index in [0.29, 0.717) is 17.0 Å². The Bertz CT molecular complexity index is 1220. The highest BCUT2D eigenvalue weighted by Gasteiger charge is 2.19. The lowest BCUT2D eigenvalue weighted by molar-refractivity contribution is -0.131. The first-order valence-electron chi connectivity index (χ1n) is 10.6. The van der Waals surface area contributed by atoms with E-state index in [0.717, 1.165) is 5.56 Å². The van der Waals surface area contributed by atoms with Crippen LogP contribution in [0.5, 0.6) is 5.75 Å². The summed E-state index contributed by atoms with van der Waals surface area (Å²) in [7, 11) is -3.74. The van der Waals surface area contributed by atoms with Crippen LogP contribution in [0.25, 0.3) is 0 Å².